The van der Waals surface area contributed by atoms with E-state index in [0.717, 1.165) is 22.3 Å². The second kappa shape index (κ2) is 6.21. The summed E-state index contributed by atoms with van der Waals surface area (Å²) in [7, 11) is -3.65. The quantitative estimate of drug-likeness (QED) is 0.848. The molecule has 116 valence electrons. The summed E-state index contributed by atoms with van der Waals surface area (Å²) < 4.78 is 28.5. The van der Waals surface area contributed by atoms with Crippen LogP contribution < -0.4 is 4.72 Å². The van der Waals surface area contributed by atoms with Crippen LogP contribution in [0.2, 0.25) is 0 Å². The molecule has 0 aromatic heterocycles. The van der Waals surface area contributed by atoms with Crippen molar-refractivity contribution >= 4 is 10.0 Å². The third-order valence-electron chi connectivity index (χ3n) is 4.38. The molecular formula is C17H25NO2S. The van der Waals surface area contributed by atoms with Crippen LogP contribution in [0.1, 0.15) is 48.9 Å². The molecule has 0 bridgehead atoms. The maximum Gasteiger partial charge on any atom is 0.242 e. The zero-order valence-electron chi connectivity index (χ0n) is 13.8. The van der Waals surface area contributed by atoms with E-state index in [4.69, 9.17) is 6.42 Å². The third-order valence-corrected chi connectivity index (χ3v) is 6.19. The number of nitrogens with one attached hydrogen (secondary N) is 1. The van der Waals surface area contributed by atoms with E-state index in [1.807, 2.05) is 47.6 Å². The van der Waals surface area contributed by atoms with Crippen LogP contribution in [0.25, 0.3) is 0 Å². The van der Waals surface area contributed by atoms with Crippen LogP contribution >= 0.6 is 0 Å². The maximum absolute atomic E-state index is 12.9. The van der Waals surface area contributed by atoms with Crippen LogP contribution in [0, 0.1) is 40.0 Å². The van der Waals surface area contributed by atoms with Gasteiger partial charge in [-0.1, -0.05) is 25.8 Å². The first-order valence-electron chi connectivity index (χ1n) is 7.23. The Balaban J connectivity index is 3.50. The molecule has 0 radical (unpaired) electrons. The summed E-state index contributed by atoms with van der Waals surface area (Å²) in [5.41, 5.74) is 2.68. The molecule has 0 aliphatic heterocycles. The molecule has 3 nitrogen and oxygen atoms in total. The van der Waals surface area contributed by atoms with Crippen molar-refractivity contribution in [1.29, 1.82) is 0 Å². The van der Waals surface area contributed by atoms with Gasteiger partial charge >= 0.3 is 0 Å². The second-order valence-corrected chi connectivity index (χ2v) is 7.25. The first-order chi connectivity index (χ1) is 9.64. The number of rotatable bonds is 5. The minimum absolute atomic E-state index is 0.363. The summed E-state index contributed by atoms with van der Waals surface area (Å²) >= 11 is 0. The van der Waals surface area contributed by atoms with Gasteiger partial charge in [-0.25, -0.2) is 8.42 Å². The minimum atomic E-state index is -3.65. The topological polar surface area (TPSA) is 46.2 Å². The van der Waals surface area contributed by atoms with E-state index in [1.54, 1.807) is 0 Å². The van der Waals surface area contributed by atoms with Gasteiger partial charge in [-0.15, -0.1) is 6.42 Å². The summed E-state index contributed by atoms with van der Waals surface area (Å²) in [5.74, 6) is 2.62. The first-order valence-corrected chi connectivity index (χ1v) is 8.71. The monoisotopic (exact) mass is 307 g/mol. The highest BCUT2D eigenvalue weighted by atomic mass is 32.2. The lowest BCUT2D eigenvalue weighted by Gasteiger charge is -2.28. The van der Waals surface area contributed by atoms with Gasteiger partial charge in [0.25, 0.3) is 0 Å². The highest BCUT2D eigenvalue weighted by Gasteiger charge is 2.32. The van der Waals surface area contributed by atoms with Crippen molar-refractivity contribution in [2.24, 2.45) is 0 Å². The molecule has 0 aliphatic carbocycles. The van der Waals surface area contributed by atoms with Crippen molar-refractivity contribution in [3.8, 4) is 12.3 Å². The molecule has 0 amide bonds. The minimum Gasteiger partial charge on any atom is -0.207 e. The number of hydrogen-bond donors (Lipinski definition) is 1. The fraction of sp³-hybridized carbons (Fsp3) is 0.529. The molecule has 0 spiro atoms. The van der Waals surface area contributed by atoms with Crippen molar-refractivity contribution in [3.05, 3.63) is 28.3 Å². The molecule has 0 unspecified atom stereocenters. The molecule has 0 aliphatic rings. The maximum atomic E-state index is 12.9. The van der Waals surface area contributed by atoms with Gasteiger partial charge in [0.05, 0.1) is 10.4 Å². The Bertz CT molecular complexity index is 651. The summed E-state index contributed by atoms with van der Waals surface area (Å²) in [4.78, 5) is 0.363. The van der Waals surface area contributed by atoms with Gasteiger partial charge in [-0.2, -0.15) is 4.72 Å². The molecule has 4 heteroatoms. The lowest BCUT2D eigenvalue weighted by molar-refractivity contribution is 0.451. The summed E-state index contributed by atoms with van der Waals surface area (Å²) in [6, 6.07) is 2.01. The van der Waals surface area contributed by atoms with Crippen molar-refractivity contribution in [2.45, 2.75) is 64.8 Å². The average molecular weight is 307 g/mol. The van der Waals surface area contributed by atoms with Crippen LogP contribution in [0.15, 0.2) is 11.0 Å². The average Bonchev–Trinajstić information content (AvgIpc) is 2.43. The lowest BCUT2D eigenvalue weighted by Crippen LogP contribution is -2.46. The fourth-order valence-electron chi connectivity index (χ4n) is 2.52. The lowest BCUT2D eigenvalue weighted by atomic mass is 9.96. The van der Waals surface area contributed by atoms with Crippen molar-refractivity contribution < 1.29 is 8.42 Å². The molecule has 0 saturated heterocycles. The Labute approximate surface area is 129 Å². The summed E-state index contributed by atoms with van der Waals surface area (Å²) in [6.45, 7) is 11.3. The molecule has 1 aromatic carbocycles. The molecule has 1 N–H and O–H groups in total. The predicted octanol–water partition coefficient (Wildman–Crippen LogP) is 3.39. The van der Waals surface area contributed by atoms with E-state index in [0.29, 0.717) is 17.7 Å². The van der Waals surface area contributed by atoms with Gasteiger partial charge in [-0.05, 0) is 62.8 Å². The van der Waals surface area contributed by atoms with Gasteiger partial charge < -0.3 is 0 Å². The van der Waals surface area contributed by atoms with Gasteiger partial charge in [0.2, 0.25) is 10.0 Å². The van der Waals surface area contributed by atoms with Gasteiger partial charge in [0.15, 0.2) is 0 Å². The fourth-order valence-corrected chi connectivity index (χ4v) is 4.61. The largest absolute Gasteiger partial charge is 0.242 e. The highest BCUT2D eigenvalue weighted by molar-refractivity contribution is 7.89. The molecular weight excluding hydrogens is 282 g/mol. The van der Waals surface area contributed by atoms with Gasteiger partial charge in [0, 0.05) is 0 Å². The van der Waals surface area contributed by atoms with Crippen molar-refractivity contribution in [2.75, 3.05) is 0 Å². The highest BCUT2D eigenvalue weighted by Crippen LogP contribution is 2.28. The Kier molecular flexibility index (Phi) is 5.25. The Morgan fingerprint density at radius 1 is 1.10 bits per heavy atom. The van der Waals surface area contributed by atoms with Crippen molar-refractivity contribution in [3.63, 3.8) is 0 Å². The number of sulfonamides is 1. The molecule has 1 aromatic rings. The molecule has 0 heterocycles. The Hall–Kier alpha value is -1.31. The van der Waals surface area contributed by atoms with E-state index in [1.165, 1.54) is 0 Å². The number of terminal acetylenes is 1. The summed E-state index contributed by atoms with van der Waals surface area (Å²) in [6.07, 6.45) is 6.69. The third kappa shape index (κ3) is 3.30. The second-order valence-electron chi connectivity index (χ2n) is 5.63. The van der Waals surface area contributed by atoms with Crippen molar-refractivity contribution in [1.82, 2.24) is 4.72 Å². The number of aryl methyl sites for hydroxylation is 2. The van der Waals surface area contributed by atoms with Gasteiger partial charge in [0.1, 0.15) is 0 Å². The zero-order chi connectivity index (χ0) is 16.4. The Morgan fingerprint density at radius 2 is 1.52 bits per heavy atom. The first kappa shape index (κ1) is 17.7. The molecule has 0 atom stereocenters. The smallest absolute Gasteiger partial charge is 0.207 e. The molecule has 0 fully saturated rings. The standard InChI is InChI=1S/C17H25NO2S/c1-8-17(9-2,10-3)18-21(19,20)16-14(6)12(4)11-13(5)15(16)7/h1,11,18H,9-10H2,2-7H3. The SMILES string of the molecule is C#CC(CC)(CC)NS(=O)(=O)c1c(C)c(C)cc(C)c1C. The Morgan fingerprint density at radius 3 is 1.86 bits per heavy atom. The summed E-state index contributed by atoms with van der Waals surface area (Å²) in [5, 5.41) is 0. The van der Waals surface area contributed by atoms with E-state index >= 15 is 0 Å². The number of benzene rings is 1. The van der Waals surface area contributed by atoms with E-state index in [-0.39, 0.29) is 0 Å². The van der Waals surface area contributed by atoms with E-state index in [9.17, 15) is 8.42 Å². The van der Waals surface area contributed by atoms with Crippen LogP contribution in [0.4, 0.5) is 0 Å². The van der Waals surface area contributed by atoms with Crippen LogP contribution in [-0.4, -0.2) is 14.0 Å². The zero-order valence-corrected chi connectivity index (χ0v) is 14.6. The number of hydrogen-bond acceptors (Lipinski definition) is 2. The van der Waals surface area contributed by atoms with Crippen LogP contribution in [-0.2, 0) is 10.0 Å². The van der Waals surface area contributed by atoms with Gasteiger partial charge in [-0.3, -0.25) is 0 Å². The molecule has 1 rings (SSSR count). The molecule has 21 heavy (non-hydrogen) atoms. The molecule has 0 saturated carbocycles. The van der Waals surface area contributed by atoms with Crippen LogP contribution in [0.3, 0.4) is 0 Å². The van der Waals surface area contributed by atoms with E-state index in [2.05, 4.69) is 10.6 Å². The predicted molar refractivity (Wildman–Crippen MR) is 87.9 cm³/mol. The van der Waals surface area contributed by atoms with E-state index < -0.39 is 15.6 Å². The normalized spacial score (nSPS) is 12.2. The van der Waals surface area contributed by atoms with Crippen LogP contribution in [0.5, 0.6) is 0 Å².